The first kappa shape index (κ1) is 23.2. The summed E-state index contributed by atoms with van der Waals surface area (Å²) < 4.78 is 34.8. The first-order valence-corrected chi connectivity index (χ1v) is 11.7. The van der Waals surface area contributed by atoms with Crippen LogP contribution >= 0.6 is 0 Å². The maximum Gasteiger partial charge on any atom is 0.274 e. The predicted octanol–water partition coefficient (Wildman–Crippen LogP) is 3.60. The van der Waals surface area contributed by atoms with Gasteiger partial charge in [-0.2, -0.15) is 0 Å². The first-order valence-electron chi connectivity index (χ1n) is 11.7. The van der Waals surface area contributed by atoms with Gasteiger partial charge in [0.25, 0.3) is 5.91 Å². The van der Waals surface area contributed by atoms with Gasteiger partial charge in [-0.25, -0.2) is 13.8 Å². The van der Waals surface area contributed by atoms with Crippen molar-refractivity contribution in [3.05, 3.63) is 89.0 Å². The highest BCUT2D eigenvalue weighted by Crippen LogP contribution is 2.29. The molecule has 1 saturated heterocycles. The highest BCUT2D eigenvalue weighted by molar-refractivity contribution is 5.93. The van der Waals surface area contributed by atoms with Crippen molar-refractivity contribution in [2.24, 2.45) is 5.92 Å². The second kappa shape index (κ2) is 9.95. The molecule has 2 aliphatic rings. The van der Waals surface area contributed by atoms with Crippen molar-refractivity contribution < 1.29 is 23.1 Å². The van der Waals surface area contributed by atoms with Gasteiger partial charge < -0.3 is 19.5 Å². The number of imidazole rings is 1. The molecule has 0 spiro atoms. The van der Waals surface area contributed by atoms with Crippen molar-refractivity contribution in [1.29, 1.82) is 0 Å². The fourth-order valence-electron chi connectivity index (χ4n) is 4.66. The second-order valence-electron chi connectivity index (χ2n) is 8.92. The molecule has 5 rings (SSSR count). The van der Waals surface area contributed by atoms with E-state index >= 15 is 0 Å². The van der Waals surface area contributed by atoms with Crippen molar-refractivity contribution in [2.75, 3.05) is 13.1 Å². The van der Waals surface area contributed by atoms with Gasteiger partial charge in [0.15, 0.2) is 5.69 Å². The van der Waals surface area contributed by atoms with Crippen molar-refractivity contribution in [3.63, 3.8) is 0 Å². The van der Waals surface area contributed by atoms with Gasteiger partial charge in [-0.05, 0) is 24.5 Å². The molecule has 0 unspecified atom stereocenters. The van der Waals surface area contributed by atoms with Crippen LogP contribution in [0.5, 0.6) is 0 Å². The SMILES string of the molecule is O=C(NCc1ccc(F)cc1F)C1CCN(C(=O)c2ncn3c2CO[C@@H](c2ccccc2)C3)CC1. The number of halogens is 2. The molecule has 35 heavy (non-hydrogen) atoms. The average molecular weight is 481 g/mol. The van der Waals surface area contributed by atoms with Gasteiger partial charge in [-0.1, -0.05) is 36.4 Å². The number of benzene rings is 2. The van der Waals surface area contributed by atoms with Gasteiger partial charge in [0, 0.05) is 37.2 Å². The number of piperidine rings is 1. The van der Waals surface area contributed by atoms with Crippen LogP contribution in [0.3, 0.4) is 0 Å². The summed E-state index contributed by atoms with van der Waals surface area (Å²) >= 11 is 0. The number of nitrogens with one attached hydrogen (secondary N) is 1. The Morgan fingerprint density at radius 2 is 1.86 bits per heavy atom. The molecule has 2 aromatic carbocycles. The molecule has 2 amide bonds. The monoisotopic (exact) mass is 480 g/mol. The summed E-state index contributed by atoms with van der Waals surface area (Å²) in [6.45, 7) is 1.76. The minimum absolute atomic E-state index is 0.00510. The summed E-state index contributed by atoms with van der Waals surface area (Å²) in [6, 6.07) is 13.2. The van der Waals surface area contributed by atoms with Crippen molar-refractivity contribution >= 4 is 11.8 Å². The number of fused-ring (bicyclic) bond motifs is 1. The molecule has 3 aromatic rings. The zero-order valence-electron chi connectivity index (χ0n) is 19.1. The minimum Gasteiger partial charge on any atom is -0.365 e. The molecular formula is C26H26F2N4O3. The standard InChI is InChI=1S/C26H26F2N4O3/c27-20-7-6-19(21(28)12-20)13-29-25(33)18-8-10-31(11-9-18)26(34)24-22-15-35-23(14-32(22)16-30-24)17-4-2-1-3-5-17/h1-7,12,16,18,23H,8-11,13-15H2,(H,29,33)/t23-/m1/s1. The predicted molar refractivity (Wildman–Crippen MR) is 123 cm³/mol. The number of amides is 2. The third-order valence-electron chi connectivity index (χ3n) is 6.73. The molecule has 3 heterocycles. The molecule has 1 fully saturated rings. The molecule has 0 aliphatic carbocycles. The van der Waals surface area contributed by atoms with Gasteiger partial charge >= 0.3 is 0 Å². The number of carbonyl (C=O) groups excluding carboxylic acids is 2. The number of rotatable bonds is 5. The highest BCUT2D eigenvalue weighted by atomic mass is 19.1. The lowest BCUT2D eigenvalue weighted by Crippen LogP contribution is -2.43. The molecule has 9 heteroatoms. The third-order valence-corrected chi connectivity index (χ3v) is 6.73. The van der Waals surface area contributed by atoms with E-state index in [1.54, 1.807) is 11.2 Å². The van der Waals surface area contributed by atoms with Gasteiger partial charge in [-0.3, -0.25) is 9.59 Å². The van der Waals surface area contributed by atoms with Crippen LogP contribution < -0.4 is 5.32 Å². The summed E-state index contributed by atoms with van der Waals surface area (Å²) in [5.41, 5.74) is 2.48. The Bertz CT molecular complexity index is 1220. The number of ether oxygens (including phenoxy) is 1. The molecule has 1 atom stereocenters. The summed E-state index contributed by atoms with van der Waals surface area (Å²) in [4.78, 5) is 31.8. The maximum absolute atomic E-state index is 13.8. The van der Waals surface area contributed by atoms with Gasteiger partial charge in [0.2, 0.25) is 5.91 Å². The summed E-state index contributed by atoms with van der Waals surface area (Å²) in [6.07, 6.45) is 2.62. The van der Waals surface area contributed by atoms with E-state index in [4.69, 9.17) is 4.74 Å². The largest absolute Gasteiger partial charge is 0.365 e. The van der Waals surface area contributed by atoms with E-state index in [1.807, 2.05) is 34.9 Å². The van der Waals surface area contributed by atoms with Crippen LogP contribution in [0, 0.1) is 17.6 Å². The molecule has 1 N–H and O–H groups in total. The molecule has 0 bridgehead atoms. The van der Waals surface area contributed by atoms with E-state index in [1.165, 1.54) is 6.07 Å². The zero-order chi connectivity index (χ0) is 24.4. The van der Waals surface area contributed by atoms with Crippen LogP contribution in [-0.2, 0) is 29.2 Å². The Labute approximate surface area is 201 Å². The number of aromatic nitrogens is 2. The van der Waals surface area contributed by atoms with E-state index < -0.39 is 11.6 Å². The highest BCUT2D eigenvalue weighted by Gasteiger charge is 2.32. The third kappa shape index (κ3) is 4.95. The summed E-state index contributed by atoms with van der Waals surface area (Å²) in [7, 11) is 0. The van der Waals surface area contributed by atoms with E-state index in [9.17, 15) is 18.4 Å². The van der Waals surface area contributed by atoms with Gasteiger partial charge in [-0.15, -0.1) is 0 Å². The lowest BCUT2D eigenvalue weighted by atomic mass is 9.95. The average Bonchev–Trinajstić information content (AvgIpc) is 3.31. The van der Waals surface area contributed by atoms with Crippen molar-refractivity contribution in [2.45, 2.75) is 38.6 Å². The summed E-state index contributed by atoms with van der Waals surface area (Å²) in [5, 5.41) is 2.72. The first-order chi connectivity index (χ1) is 17.0. The van der Waals surface area contributed by atoms with Crippen LogP contribution in [-0.4, -0.2) is 39.4 Å². The zero-order valence-corrected chi connectivity index (χ0v) is 19.1. The van der Waals surface area contributed by atoms with Crippen LogP contribution in [0.15, 0.2) is 54.9 Å². The number of nitrogens with zero attached hydrogens (tertiary/aromatic N) is 3. The topological polar surface area (TPSA) is 76.5 Å². The Morgan fingerprint density at radius 1 is 1.09 bits per heavy atom. The molecule has 0 saturated carbocycles. The Hall–Kier alpha value is -3.59. The summed E-state index contributed by atoms with van der Waals surface area (Å²) in [5.74, 6) is -1.97. The Kier molecular flexibility index (Phi) is 6.59. The quantitative estimate of drug-likeness (QED) is 0.606. The lowest BCUT2D eigenvalue weighted by molar-refractivity contribution is -0.126. The fraction of sp³-hybridized carbons (Fsp3) is 0.346. The number of likely N-dealkylation sites (tertiary alicyclic amines) is 1. The van der Waals surface area contributed by atoms with Crippen LogP contribution in [0.1, 0.15) is 46.3 Å². The molecule has 2 aliphatic heterocycles. The van der Waals surface area contributed by atoms with Crippen LogP contribution in [0.2, 0.25) is 0 Å². The Morgan fingerprint density at radius 3 is 2.60 bits per heavy atom. The second-order valence-corrected chi connectivity index (χ2v) is 8.92. The van der Waals surface area contributed by atoms with E-state index in [2.05, 4.69) is 10.3 Å². The minimum atomic E-state index is -0.687. The van der Waals surface area contributed by atoms with Crippen molar-refractivity contribution in [1.82, 2.24) is 19.8 Å². The van der Waals surface area contributed by atoms with Gasteiger partial charge in [0.05, 0.1) is 25.2 Å². The van der Waals surface area contributed by atoms with Crippen molar-refractivity contribution in [3.8, 4) is 0 Å². The fourth-order valence-corrected chi connectivity index (χ4v) is 4.66. The van der Waals surface area contributed by atoms with E-state index in [0.717, 1.165) is 23.4 Å². The molecule has 7 nitrogen and oxygen atoms in total. The molecular weight excluding hydrogens is 454 g/mol. The van der Waals surface area contributed by atoms with Crippen LogP contribution in [0.25, 0.3) is 0 Å². The maximum atomic E-state index is 13.8. The molecule has 182 valence electrons. The van der Waals surface area contributed by atoms with E-state index in [-0.39, 0.29) is 35.9 Å². The Balaban J connectivity index is 1.15. The lowest BCUT2D eigenvalue weighted by Gasteiger charge is -2.31. The number of hydrogen-bond donors (Lipinski definition) is 1. The van der Waals surface area contributed by atoms with E-state index in [0.29, 0.717) is 44.8 Å². The number of carbonyl (C=O) groups is 2. The normalized spacial score (nSPS) is 18.2. The number of hydrogen-bond acceptors (Lipinski definition) is 4. The molecule has 0 radical (unpaired) electrons. The van der Waals surface area contributed by atoms with Crippen LogP contribution in [0.4, 0.5) is 8.78 Å². The molecule has 1 aromatic heterocycles. The smallest absolute Gasteiger partial charge is 0.274 e. The van der Waals surface area contributed by atoms with Gasteiger partial charge in [0.1, 0.15) is 17.7 Å².